The Kier molecular flexibility index (Phi) is 4.33. The van der Waals surface area contributed by atoms with Gasteiger partial charge >= 0.3 is 0 Å². The molecule has 1 aliphatic heterocycles. The topological polar surface area (TPSA) is 46.6 Å². The minimum absolute atomic E-state index is 0.239. The van der Waals surface area contributed by atoms with Gasteiger partial charge < -0.3 is 4.84 Å². The number of rotatable bonds is 5. The molecule has 0 fully saturated rings. The van der Waals surface area contributed by atoms with Gasteiger partial charge in [0.1, 0.15) is 11.8 Å². The van der Waals surface area contributed by atoms with Crippen LogP contribution in [0.1, 0.15) is 30.7 Å². The highest BCUT2D eigenvalue weighted by Crippen LogP contribution is 2.39. The molecule has 0 spiro atoms. The van der Waals surface area contributed by atoms with Crippen molar-refractivity contribution in [3.05, 3.63) is 64.6 Å². The first kappa shape index (κ1) is 15.3. The van der Waals surface area contributed by atoms with E-state index in [0.717, 1.165) is 22.2 Å². The van der Waals surface area contributed by atoms with Gasteiger partial charge in [-0.3, -0.25) is 0 Å². The normalized spacial score (nSPS) is 19.0. The third kappa shape index (κ3) is 2.82. The second-order valence-electron chi connectivity index (χ2n) is 5.01. The van der Waals surface area contributed by atoms with Crippen LogP contribution in [0.2, 0.25) is 0 Å². The summed E-state index contributed by atoms with van der Waals surface area (Å²) < 4.78 is 26.8. The number of thiophene rings is 1. The van der Waals surface area contributed by atoms with Crippen LogP contribution in [0.25, 0.3) is 0 Å². The van der Waals surface area contributed by atoms with Gasteiger partial charge in [0.2, 0.25) is 0 Å². The van der Waals surface area contributed by atoms with E-state index in [1.165, 1.54) is 11.3 Å². The lowest BCUT2D eigenvalue weighted by Gasteiger charge is -2.22. The zero-order chi connectivity index (χ0) is 15.6. The number of allylic oxidation sites excluding steroid dienone is 1. The molecule has 3 rings (SSSR count). The van der Waals surface area contributed by atoms with Crippen molar-refractivity contribution in [1.29, 1.82) is 0 Å². The molecule has 2 heterocycles. The Balaban J connectivity index is 1.98. The third-order valence-corrected chi connectivity index (χ3v) is 5.97. The SMILES string of the molecule is CCCC1=CC(c2cccs2)N(S(=O)(=O)c2ccccc2)O1. The lowest BCUT2D eigenvalue weighted by Crippen LogP contribution is -2.30. The first-order valence-electron chi connectivity index (χ1n) is 7.14. The molecule has 1 aromatic carbocycles. The highest BCUT2D eigenvalue weighted by Gasteiger charge is 2.39. The van der Waals surface area contributed by atoms with E-state index < -0.39 is 16.1 Å². The van der Waals surface area contributed by atoms with Crippen LogP contribution in [0, 0.1) is 0 Å². The van der Waals surface area contributed by atoms with Gasteiger partial charge in [-0.25, -0.2) is 8.42 Å². The molecular formula is C16H17NO3S2. The molecule has 2 aromatic rings. The fourth-order valence-corrected chi connectivity index (χ4v) is 4.57. The molecule has 0 aliphatic carbocycles. The van der Waals surface area contributed by atoms with E-state index in [9.17, 15) is 8.42 Å². The number of benzene rings is 1. The zero-order valence-electron chi connectivity index (χ0n) is 12.2. The highest BCUT2D eigenvalue weighted by molar-refractivity contribution is 7.89. The molecule has 4 nitrogen and oxygen atoms in total. The van der Waals surface area contributed by atoms with Gasteiger partial charge in [0, 0.05) is 11.3 Å². The second kappa shape index (κ2) is 6.24. The van der Waals surface area contributed by atoms with Crippen LogP contribution < -0.4 is 0 Å². The van der Waals surface area contributed by atoms with Gasteiger partial charge in [0.25, 0.3) is 10.0 Å². The Labute approximate surface area is 134 Å². The summed E-state index contributed by atoms with van der Waals surface area (Å²) in [5.74, 6) is 0.709. The lowest BCUT2D eigenvalue weighted by molar-refractivity contribution is -0.0345. The summed E-state index contributed by atoms with van der Waals surface area (Å²) in [7, 11) is -3.70. The highest BCUT2D eigenvalue weighted by atomic mass is 32.2. The Bertz CT molecular complexity index is 752. The van der Waals surface area contributed by atoms with Crippen molar-refractivity contribution in [2.75, 3.05) is 0 Å². The molecule has 0 saturated carbocycles. The summed E-state index contributed by atoms with van der Waals surface area (Å²) in [6.07, 6.45) is 3.53. The Morgan fingerprint density at radius 3 is 2.59 bits per heavy atom. The van der Waals surface area contributed by atoms with Gasteiger partial charge in [-0.05, 0) is 40.5 Å². The molecule has 0 N–H and O–H groups in total. The number of hydrogen-bond donors (Lipinski definition) is 0. The van der Waals surface area contributed by atoms with E-state index in [4.69, 9.17) is 4.84 Å². The Morgan fingerprint density at radius 1 is 1.18 bits per heavy atom. The number of hydroxylamine groups is 1. The van der Waals surface area contributed by atoms with E-state index in [1.807, 2.05) is 30.5 Å². The molecule has 0 saturated heterocycles. The largest absolute Gasteiger partial charge is 0.395 e. The van der Waals surface area contributed by atoms with Crippen molar-refractivity contribution in [3.63, 3.8) is 0 Å². The van der Waals surface area contributed by atoms with Crippen LogP contribution in [-0.2, 0) is 14.9 Å². The number of nitrogens with zero attached hydrogens (tertiary/aromatic N) is 1. The standard InChI is InChI=1S/C16H17NO3S2/c1-2-7-13-12-15(16-10-6-11-21-16)17(20-13)22(18,19)14-8-4-3-5-9-14/h3-6,8-12,15H,2,7H2,1H3. The Hall–Kier alpha value is -1.63. The van der Waals surface area contributed by atoms with Crippen molar-refractivity contribution in [3.8, 4) is 0 Å². The van der Waals surface area contributed by atoms with Crippen molar-refractivity contribution in [2.45, 2.75) is 30.7 Å². The third-order valence-electron chi connectivity index (χ3n) is 3.39. The van der Waals surface area contributed by atoms with Gasteiger partial charge in [-0.2, -0.15) is 0 Å². The molecule has 1 aliphatic rings. The van der Waals surface area contributed by atoms with Gasteiger partial charge in [-0.15, -0.1) is 11.3 Å². The first-order chi connectivity index (χ1) is 10.6. The molecule has 1 aromatic heterocycles. The second-order valence-corrected chi connectivity index (χ2v) is 7.77. The monoisotopic (exact) mass is 335 g/mol. The van der Waals surface area contributed by atoms with Crippen LogP contribution in [0.3, 0.4) is 0 Å². The number of hydrogen-bond acceptors (Lipinski definition) is 4. The predicted octanol–water partition coefficient (Wildman–Crippen LogP) is 4.11. The fraction of sp³-hybridized carbons (Fsp3) is 0.250. The molecule has 116 valence electrons. The summed E-state index contributed by atoms with van der Waals surface area (Å²) in [6, 6.07) is 11.8. The quantitative estimate of drug-likeness (QED) is 0.826. The van der Waals surface area contributed by atoms with Crippen LogP contribution in [0.4, 0.5) is 0 Å². The maximum absolute atomic E-state index is 12.9. The molecule has 0 radical (unpaired) electrons. The molecular weight excluding hydrogens is 318 g/mol. The van der Waals surface area contributed by atoms with Crippen molar-refractivity contribution in [1.82, 2.24) is 4.47 Å². The molecule has 0 bridgehead atoms. The fourth-order valence-electron chi connectivity index (χ4n) is 2.36. The zero-order valence-corrected chi connectivity index (χ0v) is 13.8. The minimum atomic E-state index is -3.70. The van der Waals surface area contributed by atoms with Gasteiger partial charge in [0.05, 0.1) is 4.90 Å². The predicted molar refractivity (Wildman–Crippen MR) is 86.6 cm³/mol. The summed E-state index contributed by atoms with van der Waals surface area (Å²) >= 11 is 1.52. The van der Waals surface area contributed by atoms with Crippen LogP contribution >= 0.6 is 11.3 Å². The summed E-state index contributed by atoms with van der Waals surface area (Å²) in [5, 5.41) is 1.94. The van der Waals surface area contributed by atoms with E-state index in [0.29, 0.717) is 5.76 Å². The Morgan fingerprint density at radius 2 is 1.95 bits per heavy atom. The average molecular weight is 335 g/mol. The van der Waals surface area contributed by atoms with Gasteiger partial charge in [0.15, 0.2) is 0 Å². The number of sulfonamides is 1. The minimum Gasteiger partial charge on any atom is -0.395 e. The molecule has 1 atom stereocenters. The lowest BCUT2D eigenvalue weighted by atomic mass is 10.2. The van der Waals surface area contributed by atoms with Crippen LogP contribution in [-0.4, -0.2) is 12.9 Å². The van der Waals surface area contributed by atoms with Crippen LogP contribution in [0.15, 0.2) is 64.6 Å². The van der Waals surface area contributed by atoms with Crippen molar-refractivity contribution >= 4 is 21.4 Å². The summed E-state index contributed by atoms with van der Waals surface area (Å²) in [5.41, 5.74) is 0. The molecule has 6 heteroatoms. The summed E-state index contributed by atoms with van der Waals surface area (Å²) in [6.45, 7) is 2.04. The van der Waals surface area contributed by atoms with Gasteiger partial charge in [-0.1, -0.05) is 31.2 Å². The molecule has 22 heavy (non-hydrogen) atoms. The maximum atomic E-state index is 12.9. The van der Waals surface area contributed by atoms with Crippen LogP contribution in [0.5, 0.6) is 0 Å². The van der Waals surface area contributed by atoms with E-state index in [2.05, 4.69) is 0 Å². The summed E-state index contributed by atoms with van der Waals surface area (Å²) in [4.78, 5) is 6.86. The van der Waals surface area contributed by atoms with Crippen molar-refractivity contribution in [2.24, 2.45) is 0 Å². The molecule has 1 unspecified atom stereocenters. The first-order valence-corrected chi connectivity index (χ1v) is 9.46. The van der Waals surface area contributed by atoms with E-state index in [1.54, 1.807) is 30.3 Å². The average Bonchev–Trinajstić information content (AvgIpc) is 3.17. The van der Waals surface area contributed by atoms with E-state index in [-0.39, 0.29) is 4.90 Å². The van der Waals surface area contributed by atoms with Crippen molar-refractivity contribution < 1.29 is 13.3 Å². The smallest absolute Gasteiger partial charge is 0.274 e. The molecule has 0 amide bonds. The maximum Gasteiger partial charge on any atom is 0.274 e. The van der Waals surface area contributed by atoms with E-state index >= 15 is 0 Å².